The van der Waals surface area contributed by atoms with Crippen molar-refractivity contribution in [1.29, 1.82) is 0 Å². The van der Waals surface area contributed by atoms with Crippen LogP contribution in [0.25, 0.3) is 0 Å². The van der Waals surface area contributed by atoms with Crippen molar-refractivity contribution in [2.75, 3.05) is 0 Å². The van der Waals surface area contributed by atoms with E-state index in [1.807, 2.05) is 6.92 Å². The van der Waals surface area contributed by atoms with Crippen LogP contribution in [0.3, 0.4) is 0 Å². The lowest BCUT2D eigenvalue weighted by Gasteiger charge is -2.04. The molecule has 2 rings (SSSR count). The molecule has 0 aliphatic heterocycles. The number of aryl methyl sites for hydroxylation is 2. The number of halogens is 1. The summed E-state index contributed by atoms with van der Waals surface area (Å²) in [5.74, 6) is 1.34. The molecule has 0 amide bonds. The summed E-state index contributed by atoms with van der Waals surface area (Å²) in [6.45, 7) is 3.81. The highest BCUT2D eigenvalue weighted by Crippen LogP contribution is 2.17. The van der Waals surface area contributed by atoms with Gasteiger partial charge in [0.15, 0.2) is 6.61 Å². The number of hydrogen-bond acceptors (Lipinski definition) is 4. The first-order chi connectivity index (χ1) is 8.19. The molecule has 0 bridgehead atoms. The van der Waals surface area contributed by atoms with Crippen LogP contribution in [0, 0.1) is 12.7 Å². The van der Waals surface area contributed by atoms with Gasteiger partial charge in [0.1, 0.15) is 11.6 Å². The molecule has 5 heteroatoms. The minimum Gasteiger partial charge on any atom is -0.484 e. The van der Waals surface area contributed by atoms with E-state index in [0.29, 0.717) is 29.5 Å². The number of ether oxygens (including phenoxy) is 1. The molecule has 0 saturated carbocycles. The van der Waals surface area contributed by atoms with Crippen molar-refractivity contribution in [3.05, 3.63) is 41.4 Å². The van der Waals surface area contributed by atoms with Crippen LogP contribution in [0.4, 0.5) is 4.39 Å². The number of hydrogen-bond donors (Lipinski definition) is 0. The van der Waals surface area contributed by atoms with Gasteiger partial charge in [-0.15, -0.1) is 10.2 Å². The van der Waals surface area contributed by atoms with E-state index in [2.05, 4.69) is 10.2 Å². The molecule has 0 N–H and O–H groups in total. The highest BCUT2D eigenvalue weighted by molar-refractivity contribution is 5.28. The van der Waals surface area contributed by atoms with Crippen molar-refractivity contribution >= 4 is 0 Å². The molecule has 1 aromatic heterocycles. The summed E-state index contributed by atoms with van der Waals surface area (Å²) in [6, 6.07) is 4.57. The first-order valence-electron chi connectivity index (χ1n) is 5.39. The summed E-state index contributed by atoms with van der Waals surface area (Å²) in [6.07, 6.45) is 0.697. The van der Waals surface area contributed by atoms with Gasteiger partial charge in [-0.2, -0.15) is 0 Å². The summed E-state index contributed by atoms with van der Waals surface area (Å²) in [5, 5.41) is 7.65. The fraction of sp³-hybridized carbons (Fsp3) is 0.333. The zero-order valence-corrected chi connectivity index (χ0v) is 9.74. The summed E-state index contributed by atoms with van der Waals surface area (Å²) in [7, 11) is 0. The Kier molecular flexibility index (Phi) is 3.37. The van der Waals surface area contributed by atoms with Gasteiger partial charge in [0.2, 0.25) is 5.89 Å². The minimum absolute atomic E-state index is 0.193. The standard InChI is InChI=1S/C12H13FN2O2/c1-3-11-14-15-12(17-11)7-16-9-4-5-10(13)8(2)6-9/h4-6H,3,7H2,1-2H3. The van der Waals surface area contributed by atoms with Crippen LogP contribution in [0.5, 0.6) is 5.75 Å². The third-order valence-electron chi connectivity index (χ3n) is 2.30. The Balaban J connectivity index is 1.99. The van der Waals surface area contributed by atoms with Crippen LogP contribution < -0.4 is 4.74 Å². The summed E-state index contributed by atoms with van der Waals surface area (Å²) >= 11 is 0. The summed E-state index contributed by atoms with van der Waals surface area (Å²) in [5.41, 5.74) is 0.544. The fourth-order valence-corrected chi connectivity index (χ4v) is 1.34. The Morgan fingerprint density at radius 3 is 2.71 bits per heavy atom. The van der Waals surface area contributed by atoms with Crippen molar-refractivity contribution in [3.63, 3.8) is 0 Å². The molecule has 17 heavy (non-hydrogen) atoms. The Bertz CT molecular complexity index is 511. The van der Waals surface area contributed by atoms with E-state index in [1.54, 1.807) is 19.1 Å². The van der Waals surface area contributed by atoms with Crippen LogP contribution in [0.2, 0.25) is 0 Å². The third kappa shape index (κ3) is 2.81. The Labute approximate surface area is 98.4 Å². The van der Waals surface area contributed by atoms with Gasteiger partial charge in [0, 0.05) is 6.42 Å². The molecule has 0 radical (unpaired) electrons. The molecule has 4 nitrogen and oxygen atoms in total. The average Bonchev–Trinajstić information content (AvgIpc) is 2.79. The van der Waals surface area contributed by atoms with Gasteiger partial charge in [-0.1, -0.05) is 6.92 Å². The highest BCUT2D eigenvalue weighted by atomic mass is 19.1. The minimum atomic E-state index is -0.247. The average molecular weight is 236 g/mol. The number of aromatic nitrogens is 2. The van der Waals surface area contributed by atoms with E-state index in [1.165, 1.54) is 6.07 Å². The zero-order chi connectivity index (χ0) is 12.3. The normalized spacial score (nSPS) is 10.5. The Morgan fingerprint density at radius 1 is 1.29 bits per heavy atom. The molecule has 2 aromatic rings. The van der Waals surface area contributed by atoms with Crippen LogP contribution in [0.1, 0.15) is 24.3 Å². The second-order valence-corrected chi connectivity index (χ2v) is 3.64. The Hall–Kier alpha value is -1.91. The predicted octanol–water partition coefficient (Wildman–Crippen LogP) is 2.66. The number of benzene rings is 1. The zero-order valence-electron chi connectivity index (χ0n) is 9.74. The monoisotopic (exact) mass is 236 g/mol. The van der Waals surface area contributed by atoms with Crippen molar-refractivity contribution in [2.45, 2.75) is 26.9 Å². The van der Waals surface area contributed by atoms with Gasteiger partial charge in [-0.25, -0.2) is 4.39 Å². The van der Waals surface area contributed by atoms with E-state index in [4.69, 9.17) is 9.15 Å². The lowest BCUT2D eigenvalue weighted by molar-refractivity contribution is 0.259. The van der Waals surface area contributed by atoms with E-state index >= 15 is 0 Å². The molecular weight excluding hydrogens is 223 g/mol. The molecule has 1 heterocycles. The van der Waals surface area contributed by atoms with Crippen molar-refractivity contribution in [3.8, 4) is 5.75 Å². The van der Waals surface area contributed by atoms with Gasteiger partial charge in [0.05, 0.1) is 0 Å². The van der Waals surface area contributed by atoms with Gasteiger partial charge in [0.25, 0.3) is 5.89 Å². The van der Waals surface area contributed by atoms with E-state index in [9.17, 15) is 4.39 Å². The van der Waals surface area contributed by atoms with Crippen LogP contribution in [-0.2, 0) is 13.0 Å². The van der Waals surface area contributed by atoms with Crippen molar-refractivity contribution < 1.29 is 13.5 Å². The van der Waals surface area contributed by atoms with Gasteiger partial charge >= 0.3 is 0 Å². The molecular formula is C12H13FN2O2. The highest BCUT2D eigenvalue weighted by Gasteiger charge is 2.05. The van der Waals surface area contributed by atoms with Crippen LogP contribution in [0.15, 0.2) is 22.6 Å². The van der Waals surface area contributed by atoms with Gasteiger partial charge in [-0.3, -0.25) is 0 Å². The van der Waals surface area contributed by atoms with Crippen LogP contribution >= 0.6 is 0 Å². The number of rotatable bonds is 4. The van der Waals surface area contributed by atoms with Crippen molar-refractivity contribution in [2.24, 2.45) is 0 Å². The third-order valence-corrected chi connectivity index (χ3v) is 2.30. The molecule has 0 aliphatic rings. The van der Waals surface area contributed by atoms with E-state index < -0.39 is 0 Å². The van der Waals surface area contributed by atoms with Crippen molar-refractivity contribution in [1.82, 2.24) is 10.2 Å². The molecule has 0 atom stereocenters. The molecule has 1 aromatic carbocycles. The lowest BCUT2D eigenvalue weighted by Crippen LogP contribution is -1.96. The fourth-order valence-electron chi connectivity index (χ4n) is 1.34. The van der Waals surface area contributed by atoms with E-state index in [-0.39, 0.29) is 12.4 Å². The van der Waals surface area contributed by atoms with Gasteiger partial charge < -0.3 is 9.15 Å². The van der Waals surface area contributed by atoms with Crippen LogP contribution in [-0.4, -0.2) is 10.2 Å². The molecule has 0 fully saturated rings. The largest absolute Gasteiger partial charge is 0.484 e. The maximum absolute atomic E-state index is 13.0. The topological polar surface area (TPSA) is 48.2 Å². The SMILES string of the molecule is CCc1nnc(COc2ccc(F)c(C)c2)o1. The molecule has 0 saturated heterocycles. The van der Waals surface area contributed by atoms with E-state index in [0.717, 1.165) is 0 Å². The first kappa shape index (κ1) is 11.6. The summed E-state index contributed by atoms with van der Waals surface area (Å²) in [4.78, 5) is 0. The molecule has 0 aliphatic carbocycles. The maximum Gasteiger partial charge on any atom is 0.253 e. The molecule has 0 spiro atoms. The molecule has 0 unspecified atom stereocenters. The second-order valence-electron chi connectivity index (χ2n) is 3.64. The first-order valence-corrected chi connectivity index (χ1v) is 5.39. The molecule has 90 valence electrons. The summed E-state index contributed by atoms with van der Waals surface area (Å²) < 4.78 is 23.7. The van der Waals surface area contributed by atoms with Gasteiger partial charge in [-0.05, 0) is 30.7 Å². The second kappa shape index (κ2) is 4.95. The number of nitrogens with zero attached hydrogens (tertiary/aromatic N) is 2. The predicted molar refractivity (Wildman–Crippen MR) is 59.1 cm³/mol. The Morgan fingerprint density at radius 2 is 2.06 bits per heavy atom. The maximum atomic E-state index is 13.0. The lowest BCUT2D eigenvalue weighted by atomic mass is 10.2. The smallest absolute Gasteiger partial charge is 0.253 e. The quantitative estimate of drug-likeness (QED) is 0.818.